The molecule has 0 radical (unpaired) electrons. The first-order valence-corrected chi connectivity index (χ1v) is 11.2. The molecule has 0 saturated carbocycles. The molecule has 0 spiro atoms. The second kappa shape index (κ2) is 9.66. The fourth-order valence-electron chi connectivity index (χ4n) is 3.55. The van der Waals surface area contributed by atoms with Gasteiger partial charge in [-0.05, 0) is 18.6 Å². The highest BCUT2D eigenvalue weighted by Gasteiger charge is 2.23. The van der Waals surface area contributed by atoms with Crippen LogP contribution >= 0.6 is 11.3 Å². The van der Waals surface area contributed by atoms with E-state index in [1.165, 1.54) is 18.3 Å². The number of fused-ring (bicyclic) bond motifs is 1. The molecule has 0 aliphatic rings. The quantitative estimate of drug-likeness (QED) is 0.330. The molecule has 33 heavy (non-hydrogen) atoms. The van der Waals surface area contributed by atoms with E-state index in [-0.39, 0.29) is 12.3 Å². The van der Waals surface area contributed by atoms with E-state index in [1.54, 1.807) is 6.92 Å². The van der Waals surface area contributed by atoms with Crippen LogP contribution in [0.4, 0.5) is 0 Å². The molecule has 168 valence electrons. The number of hydrazine groups is 1. The molecule has 0 fully saturated rings. The minimum absolute atomic E-state index is 0.267. The van der Waals surface area contributed by atoms with Gasteiger partial charge in [-0.2, -0.15) is 0 Å². The molecule has 0 aliphatic heterocycles. The van der Waals surface area contributed by atoms with Crippen molar-refractivity contribution in [2.24, 2.45) is 0 Å². The van der Waals surface area contributed by atoms with Gasteiger partial charge in [0, 0.05) is 36.0 Å². The van der Waals surface area contributed by atoms with Gasteiger partial charge in [0.05, 0.1) is 5.69 Å². The maximum atomic E-state index is 12.8. The predicted octanol–water partition coefficient (Wildman–Crippen LogP) is 3.11. The minimum atomic E-state index is -0.857. The van der Waals surface area contributed by atoms with Crippen LogP contribution in [-0.4, -0.2) is 33.7 Å². The summed E-state index contributed by atoms with van der Waals surface area (Å²) in [6.07, 6.45) is 2.08. The summed E-state index contributed by atoms with van der Waals surface area (Å²) in [6.45, 7) is 3.09. The third-order valence-electron chi connectivity index (χ3n) is 5.12. The van der Waals surface area contributed by atoms with E-state index in [0.717, 1.165) is 27.0 Å². The van der Waals surface area contributed by atoms with Crippen molar-refractivity contribution in [1.29, 1.82) is 0 Å². The Balaban J connectivity index is 1.45. The number of carbonyl (C=O) groups excluding carboxylic acids is 3. The van der Waals surface area contributed by atoms with Crippen LogP contribution in [-0.2, 0) is 16.0 Å². The van der Waals surface area contributed by atoms with Crippen molar-refractivity contribution < 1.29 is 14.4 Å². The van der Waals surface area contributed by atoms with E-state index >= 15 is 0 Å². The fourth-order valence-corrected chi connectivity index (χ4v) is 4.52. The van der Waals surface area contributed by atoms with Crippen molar-refractivity contribution in [3.05, 3.63) is 76.9 Å². The highest BCUT2D eigenvalue weighted by molar-refractivity contribution is 7.17. The van der Waals surface area contributed by atoms with Crippen molar-refractivity contribution in [3.8, 4) is 10.6 Å². The molecule has 2 aromatic carbocycles. The summed E-state index contributed by atoms with van der Waals surface area (Å²) < 4.78 is 0. The van der Waals surface area contributed by atoms with Crippen molar-refractivity contribution in [2.45, 2.75) is 26.3 Å². The number of aryl methyl sites for hydroxylation is 1. The molecular weight excluding hydrogens is 438 g/mol. The van der Waals surface area contributed by atoms with Gasteiger partial charge in [-0.15, -0.1) is 11.3 Å². The highest BCUT2D eigenvalue weighted by Crippen LogP contribution is 2.27. The van der Waals surface area contributed by atoms with Crippen LogP contribution in [0.1, 0.15) is 27.9 Å². The smallest absolute Gasteiger partial charge is 0.281 e. The first-order valence-electron chi connectivity index (χ1n) is 10.4. The molecule has 9 heteroatoms. The number of hydrogen-bond donors (Lipinski definition) is 4. The molecule has 1 unspecified atom stereocenters. The number of benzene rings is 2. The fraction of sp³-hybridized carbons (Fsp3) is 0.167. The lowest BCUT2D eigenvalue weighted by atomic mass is 10.0. The Bertz CT molecular complexity index is 1310. The third-order valence-corrected chi connectivity index (χ3v) is 6.32. The van der Waals surface area contributed by atoms with Crippen molar-refractivity contribution >= 4 is 40.0 Å². The SMILES string of the molecule is CC(=O)NC(Cc1c[nH]c2ccccc12)C(=O)NNC(=O)c1sc(-c2ccccc2)nc1C. The zero-order valence-electron chi connectivity index (χ0n) is 18.1. The summed E-state index contributed by atoms with van der Waals surface area (Å²) >= 11 is 1.25. The summed E-state index contributed by atoms with van der Waals surface area (Å²) in [5, 5.41) is 4.35. The van der Waals surface area contributed by atoms with Crippen molar-refractivity contribution in [3.63, 3.8) is 0 Å². The third kappa shape index (κ3) is 5.09. The number of thiazole rings is 1. The number of nitrogens with one attached hydrogen (secondary N) is 4. The Kier molecular flexibility index (Phi) is 6.50. The molecule has 4 N–H and O–H groups in total. The number of carbonyl (C=O) groups is 3. The molecule has 1 atom stereocenters. The molecule has 2 aromatic heterocycles. The van der Waals surface area contributed by atoms with E-state index < -0.39 is 17.9 Å². The molecule has 0 saturated heterocycles. The lowest BCUT2D eigenvalue weighted by molar-refractivity contribution is -0.128. The zero-order chi connectivity index (χ0) is 23.4. The summed E-state index contributed by atoms with van der Waals surface area (Å²) in [7, 11) is 0. The Labute approximate surface area is 194 Å². The van der Waals surface area contributed by atoms with Crippen LogP contribution in [0.25, 0.3) is 21.5 Å². The molecule has 0 aliphatic carbocycles. The first-order chi connectivity index (χ1) is 15.9. The number of H-pyrrole nitrogens is 1. The molecular formula is C24H23N5O3S. The van der Waals surface area contributed by atoms with E-state index in [1.807, 2.05) is 60.8 Å². The van der Waals surface area contributed by atoms with Crippen molar-refractivity contribution in [2.75, 3.05) is 0 Å². The van der Waals surface area contributed by atoms with Gasteiger partial charge in [-0.25, -0.2) is 4.98 Å². The predicted molar refractivity (Wildman–Crippen MR) is 128 cm³/mol. The van der Waals surface area contributed by atoms with Crippen LogP contribution in [0, 0.1) is 6.92 Å². The average molecular weight is 462 g/mol. The van der Waals surface area contributed by atoms with E-state index in [0.29, 0.717) is 10.6 Å². The van der Waals surface area contributed by atoms with Gasteiger partial charge in [-0.1, -0.05) is 48.5 Å². The number of aromatic nitrogens is 2. The van der Waals surface area contributed by atoms with Crippen LogP contribution in [0.2, 0.25) is 0 Å². The maximum absolute atomic E-state index is 12.8. The van der Waals surface area contributed by atoms with Crippen LogP contribution in [0.15, 0.2) is 60.8 Å². The Morgan fingerprint density at radius 2 is 1.76 bits per heavy atom. The largest absolute Gasteiger partial charge is 0.361 e. The molecule has 0 bridgehead atoms. The Morgan fingerprint density at radius 3 is 2.52 bits per heavy atom. The zero-order valence-corrected chi connectivity index (χ0v) is 19.0. The Hall–Kier alpha value is -3.98. The lowest BCUT2D eigenvalue weighted by Crippen LogP contribution is -2.52. The molecule has 4 aromatic rings. The number of nitrogens with zero attached hydrogens (tertiary/aromatic N) is 1. The number of hydrogen-bond acceptors (Lipinski definition) is 5. The van der Waals surface area contributed by atoms with Gasteiger partial charge < -0.3 is 10.3 Å². The van der Waals surface area contributed by atoms with Gasteiger partial charge in [0.25, 0.3) is 11.8 Å². The van der Waals surface area contributed by atoms with Gasteiger partial charge >= 0.3 is 0 Å². The summed E-state index contributed by atoms with van der Waals surface area (Å²) in [5.74, 6) is -1.32. The maximum Gasteiger partial charge on any atom is 0.281 e. The second-order valence-corrected chi connectivity index (χ2v) is 8.56. The highest BCUT2D eigenvalue weighted by atomic mass is 32.1. The van der Waals surface area contributed by atoms with Gasteiger partial charge in [0.2, 0.25) is 5.91 Å². The average Bonchev–Trinajstić information content (AvgIpc) is 3.41. The minimum Gasteiger partial charge on any atom is -0.361 e. The van der Waals surface area contributed by atoms with E-state index in [4.69, 9.17) is 0 Å². The normalized spacial score (nSPS) is 11.7. The number of para-hydroxylation sites is 1. The monoisotopic (exact) mass is 461 g/mol. The summed E-state index contributed by atoms with van der Waals surface area (Å²) in [4.78, 5) is 45.3. The number of aromatic amines is 1. The molecule has 3 amide bonds. The van der Waals surface area contributed by atoms with Crippen LogP contribution in [0.5, 0.6) is 0 Å². The van der Waals surface area contributed by atoms with Crippen molar-refractivity contribution in [1.82, 2.24) is 26.1 Å². The lowest BCUT2D eigenvalue weighted by Gasteiger charge is -2.17. The van der Waals surface area contributed by atoms with E-state index in [9.17, 15) is 14.4 Å². The molecule has 8 nitrogen and oxygen atoms in total. The van der Waals surface area contributed by atoms with Crippen LogP contribution in [0.3, 0.4) is 0 Å². The van der Waals surface area contributed by atoms with E-state index in [2.05, 4.69) is 26.1 Å². The summed E-state index contributed by atoms with van der Waals surface area (Å²) in [6, 6.07) is 16.4. The second-order valence-electron chi connectivity index (χ2n) is 7.56. The topological polar surface area (TPSA) is 116 Å². The van der Waals surface area contributed by atoms with Gasteiger partial charge in [0.1, 0.15) is 15.9 Å². The number of rotatable bonds is 6. The number of amides is 3. The Morgan fingerprint density at radius 1 is 1.03 bits per heavy atom. The molecule has 4 rings (SSSR count). The first kappa shape index (κ1) is 22.2. The van der Waals surface area contributed by atoms with Crippen LogP contribution < -0.4 is 16.2 Å². The van der Waals surface area contributed by atoms with Gasteiger partial charge in [0.15, 0.2) is 0 Å². The molecule has 2 heterocycles. The standard InChI is InChI=1S/C24H23N5O3S/c1-14-21(33-24(26-14)16-8-4-3-5-9-16)23(32)29-28-22(31)20(27-15(2)30)12-17-13-25-19-11-7-6-10-18(17)19/h3-11,13,20,25H,12H2,1-2H3,(H,27,30)(H,28,31)(H,29,32). The van der Waals surface area contributed by atoms with Gasteiger partial charge in [-0.3, -0.25) is 25.2 Å². The summed E-state index contributed by atoms with van der Waals surface area (Å²) in [5.41, 5.74) is 8.20.